The summed E-state index contributed by atoms with van der Waals surface area (Å²) in [5.74, 6) is -0.341. The maximum atomic E-state index is 12.7. The van der Waals surface area contributed by atoms with E-state index >= 15 is 0 Å². The summed E-state index contributed by atoms with van der Waals surface area (Å²) in [4.78, 5) is 25.1. The summed E-state index contributed by atoms with van der Waals surface area (Å²) in [7, 11) is 0. The second-order valence-corrected chi connectivity index (χ2v) is 7.08. The first kappa shape index (κ1) is 25.8. The molecular weight excluding hydrogens is 436 g/mol. The monoisotopic (exact) mass is 463 g/mol. The van der Waals surface area contributed by atoms with Crippen molar-refractivity contribution < 1.29 is 33.0 Å². The van der Waals surface area contributed by atoms with Gasteiger partial charge in [-0.25, -0.2) is 8.78 Å². The van der Waals surface area contributed by atoms with Crippen LogP contribution < -0.4 is 25.8 Å². The summed E-state index contributed by atoms with van der Waals surface area (Å²) in [6, 6.07) is 12.2. The van der Waals surface area contributed by atoms with E-state index in [9.17, 15) is 18.4 Å². The van der Waals surface area contributed by atoms with Crippen LogP contribution in [0.3, 0.4) is 0 Å². The molecule has 0 radical (unpaired) electrons. The first-order valence-electron chi connectivity index (χ1n) is 10.2. The summed E-state index contributed by atoms with van der Waals surface area (Å²) >= 11 is 0. The summed E-state index contributed by atoms with van der Waals surface area (Å²) < 4.78 is 34.9. The summed E-state index contributed by atoms with van der Waals surface area (Å²) in [6.07, 6.45) is -1.17. The number of hydrogen-bond donors (Lipinski definition) is 4. The lowest BCUT2D eigenvalue weighted by Gasteiger charge is -2.12. The van der Waals surface area contributed by atoms with Crippen molar-refractivity contribution in [2.45, 2.75) is 19.4 Å². The minimum absolute atomic E-state index is 0.00193. The van der Waals surface area contributed by atoms with Gasteiger partial charge >= 0.3 is 0 Å². The molecule has 2 aromatic rings. The van der Waals surface area contributed by atoms with Gasteiger partial charge in [-0.2, -0.15) is 0 Å². The molecule has 10 heteroatoms. The van der Waals surface area contributed by atoms with Crippen molar-refractivity contribution in [1.82, 2.24) is 10.6 Å². The van der Waals surface area contributed by atoms with Gasteiger partial charge in [0.05, 0.1) is 6.61 Å². The average molecular weight is 463 g/mol. The van der Waals surface area contributed by atoms with Crippen LogP contribution in [-0.2, 0) is 4.79 Å². The standard InChI is InChI=1S/C23H27F2N3O5/c1-15(26)13-32-19-8-4-17(5-9-19)22(30)28-20(23(31)27-10-11-29)12-16-2-6-18(7-3-16)33-14-21(24)25/h2-9,12,15,21,29H,10-11,13-14,26H2,1H3,(H,27,31)(H,28,30)/b20-12-. The first-order chi connectivity index (χ1) is 15.8. The predicted octanol–water partition coefficient (Wildman–Crippen LogP) is 1.94. The fraction of sp³-hybridized carbons (Fsp3) is 0.304. The zero-order valence-corrected chi connectivity index (χ0v) is 18.1. The van der Waals surface area contributed by atoms with Crippen molar-refractivity contribution in [2.24, 2.45) is 5.73 Å². The molecule has 0 aliphatic carbocycles. The Hall–Kier alpha value is -3.50. The molecule has 0 saturated heterocycles. The fourth-order valence-corrected chi connectivity index (χ4v) is 2.53. The van der Waals surface area contributed by atoms with E-state index in [1.54, 1.807) is 36.4 Å². The van der Waals surface area contributed by atoms with Crippen LogP contribution in [0.2, 0.25) is 0 Å². The minimum atomic E-state index is -2.59. The van der Waals surface area contributed by atoms with Crippen LogP contribution >= 0.6 is 0 Å². The van der Waals surface area contributed by atoms with Crippen LogP contribution in [0.5, 0.6) is 11.5 Å². The van der Waals surface area contributed by atoms with Gasteiger partial charge in [0.15, 0.2) is 0 Å². The van der Waals surface area contributed by atoms with Crippen molar-refractivity contribution in [2.75, 3.05) is 26.4 Å². The Balaban J connectivity index is 2.14. The predicted molar refractivity (Wildman–Crippen MR) is 119 cm³/mol. The number of aliphatic hydroxyl groups excluding tert-OH is 1. The first-order valence-corrected chi connectivity index (χ1v) is 10.2. The molecule has 33 heavy (non-hydrogen) atoms. The van der Waals surface area contributed by atoms with E-state index in [2.05, 4.69) is 10.6 Å². The number of carbonyl (C=O) groups is 2. The van der Waals surface area contributed by atoms with Crippen molar-refractivity contribution in [3.05, 3.63) is 65.4 Å². The summed E-state index contributed by atoms with van der Waals surface area (Å²) in [6.45, 7) is 1.14. The van der Waals surface area contributed by atoms with E-state index in [0.717, 1.165) is 0 Å². The molecule has 0 saturated carbocycles. The molecule has 2 aromatic carbocycles. The van der Waals surface area contributed by atoms with Gasteiger partial charge in [-0.15, -0.1) is 0 Å². The normalized spacial score (nSPS) is 12.2. The number of alkyl halides is 2. The molecule has 0 spiro atoms. The van der Waals surface area contributed by atoms with Gasteiger partial charge < -0.3 is 30.9 Å². The Morgan fingerprint density at radius 3 is 2.15 bits per heavy atom. The van der Waals surface area contributed by atoms with Crippen molar-refractivity contribution in [3.63, 3.8) is 0 Å². The number of nitrogens with one attached hydrogen (secondary N) is 2. The summed E-state index contributed by atoms with van der Waals surface area (Å²) in [5.41, 5.74) is 6.40. The molecule has 5 N–H and O–H groups in total. The van der Waals surface area contributed by atoms with Crippen molar-refractivity contribution in [3.8, 4) is 11.5 Å². The second-order valence-electron chi connectivity index (χ2n) is 7.08. The minimum Gasteiger partial charge on any atom is -0.492 e. The lowest BCUT2D eigenvalue weighted by molar-refractivity contribution is -0.117. The third-order valence-electron chi connectivity index (χ3n) is 4.09. The molecule has 0 aliphatic rings. The zero-order chi connectivity index (χ0) is 24.2. The molecule has 178 valence electrons. The van der Waals surface area contributed by atoms with Gasteiger partial charge in [0, 0.05) is 18.2 Å². The number of hydrogen-bond acceptors (Lipinski definition) is 6. The SMILES string of the molecule is CC(N)COc1ccc(C(=O)N/C(=C\c2ccc(OCC(F)F)cc2)C(=O)NCCO)cc1. The van der Waals surface area contributed by atoms with Crippen LogP contribution in [0.1, 0.15) is 22.8 Å². The topological polar surface area (TPSA) is 123 Å². The number of aliphatic hydroxyl groups is 1. The molecular formula is C23H27F2N3O5. The Bertz CT molecular complexity index is 932. The maximum absolute atomic E-state index is 12.7. The smallest absolute Gasteiger partial charge is 0.272 e. The molecule has 2 rings (SSSR count). The number of halogens is 2. The lowest BCUT2D eigenvalue weighted by atomic mass is 10.1. The maximum Gasteiger partial charge on any atom is 0.272 e. The number of nitrogens with two attached hydrogens (primary N) is 1. The van der Waals surface area contributed by atoms with Crippen LogP contribution in [0.15, 0.2) is 54.2 Å². The van der Waals surface area contributed by atoms with E-state index in [-0.39, 0.29) is 30.6 Å². The number of ether oxygens (including phenoxy) is 2. The second kappa shape index (κ2) is 13.1. The molecule has 2 amide bonds. The molecule has 1 unspecified atom stereocenters. The Morgan fingerprint density at radius 2 is 1.61 bits per heavy atom. The van der Waals surface area contributed by atoms with E-state index < -0.39 is 24.8 Å². The third-order valence-corrected chi connectivity index (χ3v) is 4.09. The highest BCUT2D eigenvalue weighted by Gasteiger charge is 2.15. The largest absolute Gasteiger partial charge is 0.492 e. The van der Waals surface area contributed by atoms with Gasteiger partial charge in [-0.1, -0.05) is 12.1 Å². The molecule has 1 atom stereocenters. The van der Waals surface area contributed by atoms with Gasteiger partial charge in [0.2, 0.25) is 0 Å². The average Bonchev–Trinajstić information content (AvgIpc) is 2.80. The summed E-state index contributed by atoms with van der Waals surface area (Å²) in [5, 5.41) is 14.0. The highest BCUT2D eigenvalue weighted by Crippen LogP contribution is 2.16. The van der Waals surface area contributed by atoms with E-state index in [1.807, 2.05) is 6.92 Å². The van der Waals surface area contributed by atoms with Crippen LogP contribution in [-0.4, -0.2) is 55.8 Å². The molecule has 0 aliphatic heterocycles. The van der Waals surface area contributed by atoms with Crippen molar-refractivity contribution in [1.29, 1.82) is 0 Å². The Kier molecular flexibility index (Phi) is 10.3. The van der Waals surface area contributed by atoms with Crippen molar-refractivity contribution >= 4 is 17.9 Å². The lowest BCUT2D eigenvalue weighted by Crippen LogP contribution is -2.36. The Labute approximate surface area is 190 Å². The van der Waals surface area contributed by atoms with Crippen LogP contribution in [0.4, 0.5) is 8.78 Å². The quantitative estimate of drug-likeness (QED) is 0.357. The Morgan fingerprint density at radius 1 is 1.03 bits per heavy atom. The van der Waals surface area contributed by atoms with Gasteiger partial charge in [0.25, 0.3) is 18.2 Å². The van der Waals surface area contributed by atoms with E-state index in [0.29, 0.717) is 23.5 Å². The molecule has 0 heterocycles. The highest BCUT2D eigenvalue weighted by atomic mass is 19.3. The highest BCUT2D eigenvalue weighted by molar-refractivity contribution is 6.05. The zero-order valence-electron chi connectivity index (χ0n) is 18.1. The third kappa shape index (κ3) is 9.26. The number of benzene rings is 2. The van der Waals surface area contributed by atoms with Crippen LogP contribution in [0, 0.1) is 0 Å². The number of carbonyl (C=O) groups excluding carboxylic acids is 2. The number of rotatable bonds is 12. The molecule has 0 aromatic heterocycles. The molecule has 0 bridgehead atoms. The fourth-order valence-electron chi connectivity index (χ4n) is 2.53. The van der Waals surface area contributed by atoms with Gasteiger partial charge in [-0.05, 0) is 55.0 Å². The number of amides is 2. The van der Waals surface area contributed by atoms with Gasteiger partial charge in [0.1, 0.15) is 30.4 Å². The van der Waals surface area contributed by atoms with E-state index in [4.69, 9.17) is 20.3 Å². The van der Waals surface area contributed by atoms with Gasteiger partial charge in [-0.3, -0.25) is 9.59 Å². The molecule has 8 nitrogen and oxygen atoms in total. The van der Waals surface area contributed by atoms with E-state index in [1.165, 1.54) is 18.2 Å². The molecule has 0 fully saturated rings. The van der Waals surface area contributed by atoms with Crippen LogP contribution in [0.25, 0.3) is 6.08 Å².